The van der Waals surface area contributed by atoms with Gasteiger partial charge in [-0.05, 0) is 41.7 Å². The second-order valence-electron chi connectivity index (χ2n) is 7.97. The van der Waals surface area contributed by atoms with Crippen LogP contribution in [0.1, 0.15) is 38.6 Å². The number of benzene rings is 2. The van der Waals surface area contributed by atoms with Crippen LogP contribution in [0.4, 0.5) is 0 Å². The van der Waals surface area contributed by atoms with E-state index in [1.165, 1.54) is 5.56 Å². The number of amides is 1. The smallest absolute Gasteiger partial charge is 0.207 e. The van der Waals surface area contributed by atoms with Crippen molar-refractivity contribution in [3.63, 3.8) is 0 Å². The summed E-state index contributed by atoms with van der Waals surface area (Å²) in [5.41, 5.74) is 3.56. The SMILES string of the molecule is CC(C)(C)c1ccc(OCCCn2c(CCNC=O)nc3ccccc32)cc1. The van der Waals surface area contributed by atoms with Gasteiger partial charge in [0.1, 0.15) is 11.6 Å². The number of hydrogen-bond acceptors (Lipinski definition) is 3. The van der Waals surface area contributed by atoms with Crippen molar-refractivity contribution in [3.05, 3.63) is 59.9 Å². The predicted octanol–water partition coefficient (Wildman–Crippen LogP) is 4.09. The van der Waals surface area contributed by atoms with Gasteiger partial charge < -0.3 is 14.6 Å². The molecule has 0 aliphatic heterocycles. The molecule has 0 aliphatic rings. The van der Waals surface area contributed by atoms with Crippen LogP contribution in [0.3, 0.4) is 0 Å². The van der Waals surface area contributed by atoms with Crippen molar-refractivity contribution in [2.75, 3.05) is 13.2 Å². The fraction of sp³-hybridized carbons (Fsp3) is 0.391. The van der Waals surface area contributed by atoms with Crippen LogP contribution in [0.15, 0.2) is 48.5 Å². The summed E-state index contributed by atoms with van der Waals surface area (Å²) in [7, 11) is 0. The molecule has 1 N–H and O–H groups in total. The van der Waals surface area contributed by atoms with Crippen LogP contribution < -0.4 is 10.1 Å². The number of aromatic nitrogens is 2. The molecule has 148 valence electrons. The summed E-state index contributed by atoms with van der Waals surface area (Å²) in [6.45, 7) is 8.69. The van der Waals surface area contributed by atoms with Gasteiger partial charge in [-0.3, -0.25) is 4.79 Å². The third kappa shape index (κ3) is 4.91. The Morgan fingerprint density at radius 3 is 2.57 bits per heavy atom. The van der Waals surface area contributed by atoms with Crippen LogP contribution in [-0.2, 0) is 23.2 Å². The fourth-order valence-electron chi connectivity index (χ4n) is 3.27. The maximum absolute atomic E-state index is 10.5. The van der Waals surface area contributed by atoms with Gasteiger partial charge in [-0.25, -0.2) is 4.98 Å². The van der Waals surface area contributed by atoms with Gasteiger partial charge in [0.15, 0.2) is 0 Å². The monoisotopic (exact) mass is 379 g/mol. The number of rotatable bonds is 9. The number of nitrogens with zero attached hydrogens (tertiary/aromatic N) is 2. The van der Waals surface area contributed by atoms with Gasteiger partial charge in [-0.2, -0.15) is 0 Å². The van der Waals surface area contributed by atoms with E-state index < -0.39 is 0 Å². The fourth-order valence-corrected chi connectivity index (χ4v) is 3.27. The van der Waals surface area contributed by atoms with Gasteiger partial charge in [0.05, 0.1) is 17.6 Å². The lowest BCUT2D eigenvalue weighted by atomic mass is 9.87. The molecule has 5 heteroatoms. The maximum Gasteiger partial charge on any atom is 0.207 e. The molecule has 0 aliphatic carbocycles. The number of carbonyl (C=O) groups is 1. The summed E-state index contributed by atoms with van der Waals surface area (Å²) >= 11 is 0. The molecule has 28 heavy (non-hydrogen) atoms. The number of aryl methyl sites for hydroxylation is 1. The van der Waals surface area contributed by atoms with Crippen molar-refractivity contribution in [2.24, 2.45) is 0 Å². The number of carbonyl (C=O) groups excluding carboxylic acids is 1. The Morgan fingerprint density at radius 2 is 1.86 bits per heavy atom. The molecule has 5 nitrogen and oxygen atoms in total. The zero-order valence-electron chi connectivity index (χ0n) is 16.9. The number of ether oxygens (including phenoxy) is 1. The highest BCUT2D eigenvalue weighted by Crippen LogP contribution is 2.24. The molecular formula is C23H29N3O2. The average Bonchev–Trinajstić information content (AvgIpc) is 3.03. The van der Waals surface area contributed by atoms with E-state index in [1.807, 2.05) is 30.3 Å². The first-order chi connectivity index (χ1) is 13.5. The zero-order valence-corrected chi connectivity index (χ0v) is 16.9. The molecule has 1 aromatic heterocycles. The van der Waals surface area contributed by atoms with E-state index in [1.54, 1.807) is 0 Å². The Bertz CT molecular complexity index is 908. The lowest BCUT2D eigenvalue weighted by Gasteiger charge is -2.19. The molecule has 3 aromatic rings. The molecule has 0 saturated carbocycles. The van der Waals surface area contributed by atoms with E-state index in [9.17, 15) is 4.79 Å². The molecular weight excluding hydrogens is 350 g/mol. The number of para-hydroxylation sites is 2. The lowest BCUT2D eigenvalue weighted by molar-refractivity contribution is -0.109. The number of hydrogen-bond donors (Lipinski definition) is 1. The van der Waals surface area contributed by atoms with Crippen LogP contribution in [0.2, 0.25) is 0 Å². The molecule has 0 fully saturated rings. The van der Waals surface area contributed by atoms with E-state index in [2.05, 4.69) is 48.9 Å². The molecule has 2 aromatic carbocycles. The van der Waals surface area contributed by atoms with E-state index in [-0.39, 0.29) is 5.41 Å². The van der Waals surface area contributed by atoms with Crippen LogP contribution in [0.25, 0.3) is 11.0 Å². The standard InChI is InChI=1S/C23H29N3O2/c1-23(2,3)18-9-11-19(12-10-18)28-16-6-15-26-21-8-5-4-7-20(21)25-22(26)13-14-24-17-27/h4-5,7-12,17H,6,13-16H2,1-3H3,(H,24,27). The largest absolute Gasteiger partial charge is 0.494 e. The van der Waals surface area contributed by atoms with Crippen molar-refractivity contribution in [3.8, 4) is 5.75 Å². The minimum absolute atomic E-state index is 0.149. The Kier molecular flexibility index (Phi) is 6.34. The molecule has 1 heterocycles. The predicted molar refractivity (Wildman–Crippen MR) is 113 cm³/mol. The van der Waals surface area contributed by atoms with Gasteiger partial charge in [-0.1, -0.05) is 45.0 Å². The summed E-state index contributed by atoms with van der Waals surface area (Å²) < 4.78 is 8.16. The van der Waals surface area contributed by atoms with Gasteiger partial charge in [0, 0.05) is 19.5 Å². The van der Waals surface area contributed by atoms with Crippen LogP contribution in [0, 0.1) is 0 Å². The maximum atomic E-state index is 10.5. The van der Waals surface area contributed by atoms with E-state index in [0.717, 1.165) is 42.0 Å². The topological polar surface area (TPSA) is 56.1 Å². The molecule has 0 saturated heterocycles. The second kappa shape index (κ2) is 8.91. The van der Waals surface area contributed by atoms with Gasteiger partial charge in [0.25, 0.3) is 0 Å². The van der Waals surface area contributed by atoms with Crippen molar-refractivity contribution in [2.45, 2.75) is 45.6 Å². The second-order valence-corrected chi connectivity index (χ2v) is 7.97. The van der Waals surface area contributed by atoms with Crippen LogP contribution in [0.5, 0.6) is 5.75 Å². The number of imidazole rings is 1. The van der Waals surface area contributed by atoms with E-state index in [4.69, 9.17) is 9.72 Å². The molecule has 0 radical (unpaired) electrons. The van der Waals surface area contributed by atoms with Crippen molar-refractivity contribution < 1.29 is 9.53 Å². The first-order valence-corrected chi connectivity index (χ1v) is 9.83. The lowest BCUT2D eigenvalue weighted by Crippen LogP contribution is -2.17. The van der Waals surface area contributed by atoms with Gasteiger partial charge >= 0.3 is 0 Å². The quantitative estimate of drug-likeness (QED) is 0.450. The highest BCUT2D eigenvalue weighted by Gasteiger charge is 2.13. The molecule has 0 atom stereocenters. The first-order valence-electron chi connectivity index (χ1n) is 9.83. The third-order valence-corrected chi connectivity index (χ3v) is 4.83. The minimum Gasteiger partial charge on any atom is -0.494 e. The average molecular weight is 380 g/mol. The minimum atomic E-state index is 0.149. The van der Waals surface area contributed by atoms with E-state index >= 15 is 0 Å². The summed E-state index contributed by atoms with van der Waals surface area (Å²) in [5, 5.41) is 2.71. The highest BCUT2D eigenvalue weighted by molar-refractivity contribution is 5.75. The van der Waals surface area contributed by atoms with Crippen LogP contribution in [-0.4, -0.2) is 29.1 Å². The molecule has 3 rings (SSSR count). The van der Waals surface area contributed by atoms with Crippen molar-refractivity contribution in [1.29, 1.82) is 0 Å². The summed E-state index contributed by atoms with van der Waals surface area (Å²) in [5.74, 6) is 1.89. The summed E-state index contributed by atoms with van der Waals surface area (Å²) in [4.78, 5) is 15.2. The number of nitrogens with one attached hydrogen (secondary N) is 1. The molecule has 0 unspecified atom stereocenters. The Hall–Kier alpha value is -2.82. The normalized spacial score (nSPS) is 11.5. The van der Waals surface area contributed by atoms with E-state index in [0.29, 0.717) is 19.6 Å². The molecule has 0 spiro atoms. The highest BCUT2D eigenvalue weighted by atomic mass is 16.5. The third-order valence-electron chi connectivity index (χ3n) is 4.83. The van der Waals surface area contributed by atoms with Crippen molar-refractivity contribution >= 4 is 17.4 Å². The Morgan fingerprint density at radius 1 is 1.11 bits per heavy atom. The molecule has 1 amide bonds. The summed E-state index contributed by atoms with van der Waals surface area (Å²) in [6, 6.07) is 16.5. The van der Waals surface area contributed by atoms with Gasteiger partial charge in [-0.15, -0.1) is 0 Å². The van der Waals surface area contributed by atoms with Gasteiger partial charge in [0.2, 0.25) is 6.41 Å². The Balaban J connectivity index is 1.60. The number of fused-ring (bicyclic) bond motifs is 1. The first kappa shape index (κ1) is 19.9. The zero-order chi connectivity index (χ0) is 20.0. The van der Waals surface area contributed by atoms with Crippen LogP contribution >= 0.6 is 0 Å². The Labute approximate surface area is 166 Å². The molecule has 0 bridgehead atoms. The summed E-state index contributed by atoms with van der Waals surface area (Å²) in [6.07, 6.45) is 2.32. The van der Waals surface area contributed by atoms with Crippen molar-refractivity contribution in [1.82, 2.24) is 14.9 Å².